The molecule has 0 bridgehead atoms. The highest BCUT2D eigenvalue weighted by molar-refractivity contribution is 5.85. The Bertz CT molecular complexity index is 884. The number of allylic oxidation sites excluding steroid dienone is 1. The van der Waals surface area contributed by atoms with Crippen molar-refractivity contribution < 1.29 is 8.78 Å². The predicted molar refractivity (Wildman–Crippen MR) is 123 cm³/mol. The molecule has 162 valence electrons. The monoisotopic (exact) mass is 410 g/mol. The Morgan fingerprint density at radius 2 is 1.83 bits per heavy atom. The highest BCUT2D eigenvalue weighted by Gasteiger charge is 2.35. The van der Waals surface area contributed by atoms with Gasteiger partial charge in [-0.3, -0.25) is 0 Å². The molecule has 2 aromatic rings. The van der Waals surface area contributed by atoms with Crippen LogP contribution in [0.25, 0.3) is 10.8 Å². The molecule has 0 heterocycles. The Morgan fingerprint density at radius 3 is 2.63 bits per heavy atom. The summed E-state index contributed by atoms with van der Waals surface area (Å²) in [5.74, 6) is 2.41. The Balaban J connectivity index is 1.49. The maximum absolute atomic E-state index is 14.9. The van der Waals surface area contributed by atoms with E-state index in [0.717, 1.165) is 17.8 Å². The fourth-order valence-corrected chi connectivity index (χ4v) is 6.17. The maximum Gasteiger partial charge on any atom is 0.137 e. The van der Waals surface area contributed by atoms with E-state index in [9.17, 15) is 8.78 Å². The summed E-state index contributed by atoms with van der Waals surface area (Å²) < 4.78 is 29.4. The number of fused-ring (bicyclic) bond motifs is 2. The van der Waals surface area contributed by atoms with E-state index >= 15 is 0 Å². The van der Waals surface area contributed by atoms with E-state index in [4.69, 9.17) is 0 Å². The minimum Gasteiger partial charge on any atom is -0.207 e. The molecule has 0 spiro atoms. The van der Waals surface area contributed by atoms with Gasteiger partial charge in [-0.2, -0.15) is 0 Å². The molecule has 0 amide bonds. The van der Waals surface area contributed by atoms with Gasteiger partial charge < -0.3 is 0 Å². The molecule has 30 heavy (non-hydrogen) atoms. The molecule has 0 N–H and O–H groups in total. The minimum absolute atomic E-state index is 0.190. The van der Waals surface area contributed by atoms with E-state index in [-0.39, 0.29) is 5.56 Å². The quantitative estimate of drug-likeness (QED) is 0.400. The van der Waals surface area contributed by atoms with Crippen molar-refractivity contribution in [2.45, 2.75) is 83.5 Å². The van der Waals surface area contributed by atoms with E-state index in [1.165, 1.54) is 69.4 Å². The van der Waals surface area contributed by atoms with Gasteiger partial charge in [-0.1, -0.05) is 56.9 Å². The zero-order chi connectivity index (χ0) is 21.1. The zero-order valence-electron chi connectivity index (χ0n) is 18.4. The highest BCUT2D eigenvalue weighted by atomic mass is 19.1. The molecule has 2 saturated carbocycles. The second kappa shape index (κ2) is 9.62. The fourth-order valence-electron chi connectivity index (χ4n) is 6.17. The Labute approximate surface area is 180 Å². The van der Waals surface area contributed by atoms with Gasteiger partial charge in [0.2, 0.25) is 0 Å². The van der Waals surface area contributed by atoms with Gasteiger partial charge in [0.05, 0.1) is 0 Å². The van der Waals surface area contributed by atoms with E-state index in [2.05, 4.69) is 25.6 Å². The molecule has 0 aromatic heterocycles. The molecular formula is C28H36F2. The van der Waals surface area contributed by atoms with Crippen molar-refractivity contribution in [3.63, 3.8) is 0 Å². The van der Waals surface area contributed by atoms with Crippen LogP contribution in [-0.2, 0) is 6.42 Å². The molecule has 0 aliphatic heterocycles. The lowest BCUT2D eigenvalue weighted by atomic mass is 9.63. The van der Waals surface area contributed by atoms with Gasteiger partial charge in [0.25, 0.3) is 0 Å². The second-order valence-corrected chi connectivity index (χ2v) is 9.81. The topological polar surface area (TPSA) is 0 Å². The van der Waals surface area contributed by atoms with E-state index < -0.39 is 11.6 Å². The number of hydrogen-bond acceptors (Lipinski definition) is 0. The van der Waals surface area contributed by atoms with Gasteiger partial charge >= 0.3 is 0 Å². The molecule has 0 radical (unpaired) electrons. The Morgan fingerprint density at radius 1 is 1.03 bits per heavy atom. The number of rotatable bonds is 7. The SMILES string of the molecule is C=CCCc1c(F)cc2cc([C@@H]3CC[C@@H]4CC(CCCC)CCC4C3)ccc2c1F. The average molecular weight is 411 g/mol. The normalized spacial score (nSPS) is 26.5. The molecule has 0 nitrogen and oxygen atoms in total. The van der Waals surface area contributed by atoms with Crippen LogP contribution in [0.15, 0.2) is 36.9 Å². The van der Waals surface area contributed by atoms with Crippen LogP contribution in [0.5, 0.6) is 0 Å². The van der Waals surface area contributed by atoms with Gasteiger partial charge in [0.1, 0.15) is 11.6 Å². The first-order chi connectivity index (χ1) is 14.6. The number of halogens is 2. The van der Waals surface area contributed by atoms with Crippen molar-refractivity contribution in [2.75, 3.05) is 0 Å². The molecule has 2 aliphatic rings. The van der Waals surface area contributed by atoms with Crippen LogP contribution in [0, 0.1) is 29.4 Å². The first kappa shape index (κ1) is 21.5. The molecule has 2 aromatic carbocycles. The lowest BCUT2D eigenvalue weighted by Crippen LogP contribution is -2.30. The summed E-state index contributed by atoms with van der Waals surface area (Å²) in [6.45, 7) is 5.95. The molecule has 2 fully saturated rings. The van der Waals surface area contributed by atoms with Gasteiger partial charge in [-0.25, -0.2) is 8.78 Å². The van der Waals surface area contributed by atoms with Crippen LogP contribution in [0.3, 0.4) is 0 Å². The summed E-state index contributed by atoms with van der Waals surface area (Å²) in [5.41, 5.74) is 1.46. The van der Waals surface area contributed by atoms with Crippen molar-refractivity contribution >= 4 is 10.8 Å². The van der Waals surface area contributed by atoms with Crippen molar-refractivity contribution in [3.05, 3.63) is 59.7 Å². The van der Waals surface area contributed by atoms with E-state index in [1.807, 2.05) is 6.07 Å². The standard InChI is InChI=1S/C28H36F2/c1-3-5-7-19-9-10-21-16-22(12-11-20(21)15-19)23-13-14-25-24(17-23)18-27(29)26(28(25)30)8-6-4-2/h4,13-14,17-22H,2-3,5-12,15-16H2,1H3/t19?,20-,21?,22-/m1/s1. The first-order valence-corrected chi connectivity index (χ1v) is 12.1. The smallest absolute Gasteiger partial charge is 0.137 e. The third kappa shape index (κ3) is 4.48. The molecule has 2 unspecified atom stereocenters. The van der Waals surface area contributed by atoms with Crippen LogP contribution >= 0.6 is 0 Å². The largest absolute Gasteiger partial charge is 0.207 e. The van der Waals surface area contributed by atoms with Crippen molar-refractivity contribution in [1.82, 2.24) is 0 Å². The second-order valence-electron chi connectivity index (χ2n) is 9.81. The van der Waals surface area contributed by atoms with Crippen LogP contribution < -0.4 is 0 Å². The van der Waals surface area contributed by atoms with Gasteiger partial charge in [0, 0.05) is 10.9 Å². The molecule has 2 heteroatoms. The summed E-state index contributed by atoms with van der Waals surface area (Å²) >= 11 is 0. The van der Waals surface area contributed by atoms with Crippen LogP contribution in [0.4, 0.5) is 8.78 Å². The summed E-state index contributed by atoms with van der Waals surface area (Å²) in [7, 11) is 0. The van der Waals surface area contributed by atoms with Gasteiger partial charge in [-0.05, 0) is 85.6 Å². The molecular weight excluding hydrogens is 374 g/mol. The van der Waals surface area contributed by atoms with Crippen molar-refractivity contribution in [1.29, 1.82) is 0 Å². The van der Waals surface area contributed by atoms with Crippen LogP contribution in [-0.4, -0.2) is 0 Å². The van der Waals surface area contributed by atoms with Crippen molar-refractivity contribution in [3.8, 4) is 0 Å². The van der Waals surface area contributed by atoms with Crippen LogP contribution in [0.1, 0.15) is 88.2 Å². The lowest BCUT2D eigenvalue weighted by Gasteiger charge is -2.42. The van der Waals surface area contributed by atoms with E-state index in [1.54, 1.807) is 6.08 Å². The highest BCUT2D eigenvalue weighted by Crippen LogP contribution is 2.48. The number of benzene rings is 2. The molecule has 0 saturated heterocycles. The molecule has 4 atom stereocenters. The lowest BCUT2D eigenvalue weighted by molar-refractivity contribution is 0.113. The minimum atomic E-state index is -0.423. The maximum atomic E-state index is 14.9. The first-order valence-electron chi connectivity index (χ1n) is 12.1. The Hall–Kier alpha value is -1.70. The fraction of sp³-hybridized carbons (Fsp3) is 0.571. The number of hydrogen-bond donors (Lipinski definition) is 0. The average Bonchev–Trinajstić information content (AvgIpc) is 2.76. The number of unbranched alkanes of at least 4 members (excludes halogenated alkanes) is 1. The summed E-state index contributed by atoms with van der Waals surface area (Å²) in [6, 6.07) is 7.56. The van der Waals surface area contributed by atoms with E-state index in [0.29, 0.717) is 29.5 Å². The summed E-state index contributed by atoms with van der Waals surface area (Å²) in [4.78, 5) is 0. The summed E-state index contributed by atoms with van der Waals surface area (Å²) in [6.07, 6.45) is 14.8. The van der Waals surface area contributed by atoms with Gasteiger partial charge in [-0.15, -0.1) is 6.58 Å². The summed E-state index contributed by atoms with van der Waals surface area (Å²) in [5, 5.41) is 1.25. The Kier molecular flexibility index (Phi) is 6.91. The van der Waals surface area contributed by atoms with Gasteiger partial charge in [0.15, 0.2) is 0 Å². The van der Waals surface area contributed by atoms with Crippen LogP contribution in [0.2, 0.25) is 0 Å². The zero-order valence-corrected chi connectivity index (χ0v) is 18.4. The third-order valence-electron chi connectivity index (χ3n) is 7.90. The third-order valence-corrected chi connectivity index (χ3v) is 7.90. The predicted octanol–water partition coefficient (Wildman–Crippen LogP) is 8.73. The molecule has 2 aliphatic carbocycles. The van der Waals surface area contributed by atoms with Crippen molar-refractivity contribution in [2.24, 2.45) is 17.8 Å². The molecule has 4 rings (SSSR count).